The Bertz CT molecular complexity index is 1330. The van der Waals surface area contributed by atoms with Gasteiger partial charge in [-0.25, -0.2) is 4.39 Å². The van der Waals surface area contributed by atoms with E-state index < -0.39 is 5.82 Å². The molecule has 6 nitrogen and oxygen atoms in total. The molecule has 35 heavy (non-hydrogen) atoms. The predicted molar refractivity (Wildman–Crippen MR) is 135 cm³/mol. The zero-order chi connectivity index (χ0) is 24.5. The number of nitriles is 1. The summed E-state index contributed by atoms with van der Waals surface area (Å²) in [5, 5.41) is 9.22. The van der Waals surface area contributed by atoms with Crippen LogP contribution in [0.3, 0.4) is 0 Å². The Morgan fingerprint density at radius 1 is 1.06 bits per heavy atom. The lowest BCUT2D eigenvalue weighted by atomic mass is 9.96. The van der Waals surface area contributed by atoms with Crippen molar-refractivity contribution < 1.29 is 9.13 Å². The summed E-state index contributed by atoms with van der Waals surface area (Å²) in [6.07, 6.45) is 3.84. The molecule has 0 amide bonds. The highest BCUT2D eigenvalue weighted by Crippen LogP contribution is 2.38. The lowest BCUT2D eigenvalue weighted by molar-refractivity contribution is 0.415. The van der Waals surface area contributed by atoms with Crippen LogP contribution >= 0.6 is 0 Å². The minimum absolute atomic E-state index is 0.00343. The molecule has 0 unspecified atom stereocenters. The molecule has 1 aliphatic heterocycles. The Labute approximate surface area is 204 Å². The molecule has 2 aliphatic rings. The quantitative estimate of drug-likeness (QED) is 0.569. The first-order chi connectivity index (χ1) is 17.0. The minimum Gasteiger partial charge on any atom is -0.497 e. The summed E-state index contributed by atoms with van der Waals surface area (Å²) < 4.78 is 21.9. The highest BCUT2D eigenvalue weighted by Gasteiger charge is 2.28. The highest BCUT2D eigenvalue weighted by atomic mass is 19.1. The standard InChI is InChI=1S/C28H29FN4O2/c1-35-23-8-6-19(7-9-23)27-24(20-4-5-21(16-30)25(29)14-20)15-26(32-12-10-22(31)11-13-32)28(34)33(27)17-18-2-3-18/h4-9,14-15,18,22H,2-3,10-13,17,31H2,1H3. The average molecular weight is 473 g/mol. The molecule has 0 bridgehead atoms. The Morgan fingerprint density at radius 3 is 2.34 bits per heavy atom. The number of hydrogen-bond acceptors (Lipinski definition) is 5. The summed E-state index contributed by atoms with van der Waals surface area (Å²) in [5.41, 5.74) is 9.71. The van der Waals surface area contributed by atoms with Crippen LogP contribution in [-0.4, -0.2) is 30.8 Å². The largest absolute Gasteiger partial charge is 0.497 e. The number of nitrogens with zero attached hydrogens (tertiary/aromatic N) is 3. The van der Waals surface area contributed by atoms with Crippen LogP contribution in [-0.2, 0) is 6.54 Å². The highest BCUT2D eigenvalue weighted by molar-refractivity contribution is 5.84. The number of piperidine rings is 1. The summed E-state index contributed by atoms with van der Waals surface area (Å²) in [6, 6.07) is 16.2. The molecule has 2 N–H and O–H groups in total. The van der Waals surface area contributed by atoms with Crippen molar-refractivity contribution in [2.24, 2.45) is 11.7 Å². The summed E-state index contributed by atoms with van der Waals surface area (Å²) in [5.74, 6) is 0.605. The van der Waals surface area contributed by atoms with Crippen LogP contribution in [0.2, 0.25) is 0 Å². The van der Waals surface area contributed by atoms with Gasteiger partial charge in [-0.05, 0) is 85.2 Å². The van der Waals surface area contributed by atoms with Crippen LogP contribution in [0.15, 0.2) is 53.3 Å². The van der Waals surface area contributed by atoms with Crippen LogP contribution in [0.25, 0.3) is 22.4 Å². The third-order valence-corrected chi connectivity index (χ3v) is 7.05. The van der Waals surface area contributed by atoms with Gasteiger partial charge in [-0.15, -0.1) is 0 Å². The summed E-state index contributed by atoms with van der Waals surface area (Å²) >= 11 is 0. The van der Waals surface area contributed by atoms with E-state index in [9.17, 15) is 14.4 Å². The monoisotopic (exact) mass is 472 g/mol. The van der Waals surface area contributed by atoms with Crippen LogP contribution in [0.4, 0.5) is 10.1 Å². The predicted octanol–water partition coefficient (Wildman–Crippen LogP) is 4.54. The van der Waals surface area contributed by atoms with Gasteiger partial charge in [-0.1, -0.05) is 6.07 Å². The molecule has 2 heterocycles. The Hall–Kier alpha value is -3.63. The van der Waals surface area contributed by atoms with Crippen LogP contribution in [0.5, 0.6) is 5.75 Å². The van der Waals surface area contributed by atoms with Gasteiger partial charge in [0.25, 0.3) is 5.56 Å². The Morgan fingerprint density at radius 2 is 1.74 bits per heavy atom. The van der Waals surface area contributed by atoms with E-state index in [4.69, 9.17) is 10.5 Å². The number of nitrogens with two attached hydrogens (primary N) is 1. The molecular weight excluding hydrogens is 443 g/mol. The van der Waals surface area contributed by atoms with Crippen LogP contribution in [0, 0.1) is 23.1 Å². The van der Waals surface area contributed by atoms with Crippen molar-refractivity contribution in [1.82, 2.24) is 4.57 Å². The molecule has 0 atom stereocenters. The Balaban J connectivity index is 1.75. The summed E-state index contributed by atoms with van der Waals surface area (Å²) in [7, 11) is 1.61. The van der Waals surface area contributed by atoms with E-state index in [0.717, 1.165) is 48.3 Å². The maximum Gasteiger partial charge on any atom is 0.274 e. The molecular formula is C28H29FN4O2. The second kappa shape index (κ2) is 9.55. The van der Waals surface area contributed by atoms with E-state index in [-0.39, 0.29) is 17.2 Å². The second-order valence-electron chi connectivity index (χ2n) is 9.51. The molecule has 5 rings (SSSR count). The van der Waals surface area contributed by atoms with Gasteiger partial charge in [0.2, 0.25) is 0 Å². The van der Waals surface area contributed by atoms with Crippen molar-refractivity contribution in [1.29, 1.82) is 5.26 Å². The number of rotatable bonds is 6. The number of pyridine rings is 1. The van der Waals surface area contributed by atoms with E-state index >= 15 is 0 Å². The van der Waals surface area contributed by atoms with Crippen LogP contribution < -0.4 is 20.9 Å². The number of ether oxygens (including phenoxy) is 1. The number of hydrogen-bond donors (Lipinski definition) is 1. The van der Waals surface area contributed by atoms with Gasteiger partial charge in [0.15, 0.2) is 0 Å². The lowest BCUT2D eigenvalue weighted by Crippen LogP contribution is -2.42. The number of anilines is 1. The summed E-state index contributed by atoms with van der Waals surface area (Å²) in [6.45, 7) is 2.04. The van der Waals surface area contributed by atoms with E-state index in [1.807, 2.05) is 41.0 Å². The maximum absolute atomic E-state index is 14.7. The molecule has 3 aromatic rings. The molecule has 7 heteroatoms. The molecule has 2 aromatic carbocycles. The van der Waals surface area contributed by atoms with Crippen LogP contribution in [0.1, 0.15) is 31.2 Å². The molecule has 1 aliphatic carbocycles. The van der Waals surface area contributed by atoms with Crippen molar-refractivity contribution in [3.63, 3.8) is 0 Å². The van der Waals surface area contributed by atoms with Crippen molar-refractivity contribution >= 4 is 5.69 Å². The third kappa shape index (κ3) is 4.67. The number of benzene rings is 2. The molecule has 180 valence electrons. The smallest absolute Gasteiger partial charge is 0.274 e. The SMILES string of the molecule is COc1ccc(-c2c(-c3ccc(C#N)c(F)c3)cc(N3CCC(N)CC3)c(=O)n2CC2CC2)cc1. The normalized spacial score (nSPS) is 16.2. The van der Waals surface area contributed by atoms with Crippen molar-refractivity contribution in [2.45, 2.75) is 38.3 Å². The molecule has 1 saturated heterocycles. The van der Waals surface area contributed by atoms with Gasteiger partial charge >= 0.3 is 0 Å². The van der Waals surface area contributed by atoms with Gasteiger partial charge < -0.3 is 19.9 Å². The van der Waals surface area contributed by atoms with E-state index in [0.29, 0.717) is 36.8 Å². The fourth-order valence-electron chi connectivity index (χ4n) is 4.81. The summed E-state index contributed by atoms with van der Waals surface area (Å²) in [4.78, 5) is 16.0. The van der Waals surface area contributed by atoms with Gasteiger partial charge in [0, 0.05) is 31.2 Å². The molecule has 1 saturated carbocycles. The first-order valence-corrected chi connectivity index (χ1v) is 12.1. The zero-order valence-electron chi connectivity index (χ0n) is 19.8. The Kier molecular flexibility index (Phi) is 6.31. The van der Waals surface area contributed by atoms with Gasteiger partial charge in [-0.2, -0.15) is 5.26 Å². The molecule has 0 spiro atoms. The van der Waals surface area contributed by atoms with E-state index in [2.05, 4.69) is 4.90 Å². The van der Waals surface area contributed by atoms with E-state index in [1.165, 1.54) is 12.1 Å². The number of aromatic nitrogens is 1. The topological polar surface area (TPSA) is 84.3 Å². The fraction of sp³-hybridized carbons (Fsp3) is 0.357. The lowest BCUT2D eigenvalue weighted by Gasteiger charge is -2.33. The second-order valence-corrected chi connectivity index (χ2v) is 9.51. The average Bonchev–Trinajstić information content (AvgIpc) is 3.70. The fourth-order valence-corrected chi connectivity index (χ4v) is 4.81. The van der Waals surface area contributed by atoms with Crippen molar-refractivity contribution in [3.05, 3.63) is 70.3 Å². The molecule has 0 radical (unpaired) electrons. The third-order valence-electron chi connectivity index (χ3n) is 7.05. The molecule has 1 aromatic heterocycles. The minimum atomic E-state index is -0.573. The van der Waals surface area contributed by atoms with Crippen molar-refractivity contribution in [3.8, 4) is 34.2 Å². The zero-order valence-corrected chi connectivity index (χ0v) is 19.8. The van der Waals surface area contributed by atoms with Gasteiger partial charge in [0.1, 0.15) is 23.3 Å². The maximum atomic E-state index is 14.7. The molecule has 2 fully saturated rings. The van der Waals surface area contributed by atoms with Crippen molar-refractivity contribution in [2.75, 3.05) is 25.1 Å². The number of methoxy groups -OCH3 is 1. The first-order valence-electron chi connectivity index (χ1n) is 12.1. The first kappa shape index (κ1) is 23.1. The van der Waals surface area contributed by atoms with Gasteiger partial charge in [-0.3, -0.25) is 4.79 Å². The van der Waals surface area contributed by atoms with Gasteiger partial charge in [0.05, 0.1) is 18.4 Å². The van der Waals surface area contributed by atoms with E-state index in [1.54, 1.807) is 13.2 Å². The number of halogens is 1.